The van der Waals surface area contributed by atoms with Gasteiger partial charge in [-0.2, -0.15) is 9.30 Å². The van der Waals surface area contributed by atoms with Gasteiger partial charge in [-0.1, -0.05) is 25.2 Å². The Morgan fingerprint density at radius 2 is 1.72 bits per heavy atom. The minimum absolute atomic E-state index is 0.0903. The Morgan fingerprint density at radius 1 is 1.06 bits per heavy atom. The first-order valence-corrected chi connectivity index (χ1v) is 13.6. The predicted octanol–water partition coefficient (Wildman–Crippen LogP) is 3.00. The van der Waals surface area contributed by atoms with Crippen molar-refractivity contribution in [1.82, 2.24) is 8.87 Å². The molecule has 3 aromatic rings. The summed E-state index contributed by atoms with van der Waals surface area (Å²) in [5, 5.41) is 2.70. The SMILES string of the molecule is CCOC(=O)Cn1c(=NC(=O)c2ccc(S(=O)(=O)N(CC)CC)cc2)sc2cc(NC(C)=O)ccc21. The number of anilines is 1. The molecule has 0 saturated heterocycles. The standard InChI is InChI=1S/C24H28N4O6S2/c1-5-27(6-2)36(32,33)19-11-8-17(9-12-19)23(31)26-24-28(15-22(30)34-7-3)20-13-10-18(25-16(4)29)14-21(20)35-24/h8-14H,5-7,15H2,1-4H3,(H,25,29). The first-order chi connectivity index (χ1) is 17.1. The van der Waals surface area contributed by atoms with Gasteiger partial charge in [0.1, 0.15) is 6.54 Å². The third kappa shape index (κ3) is 6.07. The molecule has 0 atom stereocenters. The van der Waals surface area contributed by atoms with Crippen LogP contribution in [0.4, 0.5) is 5.69 Å². The molecule has 0 unspecified atom stereocenters. The van der Waals surface area contributed by atoms with E-state index in [-0.39, 0.29) is 34.3 Å². The molecule has 0 aliphatic carbocycles. The minimum atomic E-state index is -3.65. The van der Waals surface area contributed by atoms with Gasteiger partial charge < -0.3 is 14.6 Å². The number of hydrogen-bond acceptors (Lipinski definition) is 7. The van der Waals surface area contributed by atoms with Gasteiger partial charge in [-0.3, -0.25) is 14.4 Å². The highest BCUT2D eigenvalue weighted by atomic mass is 32.2. The summed E-state index contributed by atoms with van der Waals surface area (Å²) in [6.07, 6.45) is 0. The monoisotopic (exact) mass is 532 g/mol. The van der Waals surface area contributed by atoms with Crippen LogP contribution in [0.15, 0.2) is 52.4 Å². The van der Waals surface area contributed by atoms with E-state index < -0.39 is 21.9 Å². The van der Waals surface area contributed by atoms with Crippen molar-refractivity contribution < 1.29 is 27.5 Å². The Kier molecular flexibility index (Phi) is 8.77. The summed E-state index contributed by atoms with van der Waals surface area (Å²) in [5.74, 6) is -1.30. The number of aromatic nitrogens is 1. The molecule has 2 amide bonds. The Balaban J connectivity index is 2.02. The molecule has 3 rings (SSSR count). The number of ether oxygens (including phenoxy) is 1. The molecule has 0 radical (unpaired) electrons. The van der Waals surface area contributed by atoms with E-state index in [1.807, 2.05) is 0 Å². The molecule has 0 spiro atoms. The van der Waals surface area contributed by atoms with Gasteiger partial charge >= 0.3 is 5.97 Å². The molecule has 1 N–H and O–H groups in total. The van der Waals surface area contributed by atoms with E-state index in [1.54, 1.807) is 43.5 Å². The van der Waals surface area contributed by atoms with E-state index >= 15 is 0 Å². The van der Waals surface area contributed by atoms with E-state index in [2.05, 4.69) is 10.3 Å². The van der Waals surface area contributed by atoms with Crippen LogP contribution >= 0.6 is 11.3 Å². The first-order valence-electron chi connectivity index (χ1n) is 11.4. The lowest BCUT2D eigenvalue weighted by Crippen LogP contribution is -2.30. The number of nitrogens with zero attached hydrogens (tertiary/aromatic N) is 3. The third-order valence-electron chi connectivity index (χ3n) is 5.24. The minimum Gasteiger partial charge on any atom is -0.465 e. The number of benzene rings is 2. The second-order valence-corrected chi connectivity index (χ2v) is 10.6. The van der Waals surface area contributed by atoms with Crippen LogP contribution in [0.2, 0.25) is 0 Å². The molecular weight excluding hydrogens is 504 g/mol. The fraction of sp³-hybridized carbons (Fsp3) is 0.333. The number of rotatable bonds is 9. The fourth-order valence-electron chi connectivity index (χ4n) is 3.56. The van der Waals surface area contributed by atoms with Crippen molar-refractivity contribution in [1.29, 1.82) is 0 Å². The Morgan fingerprint density at radius 3 is 2.31 bits per heavy atom. The highest BCUT2D eigenvalue weighted by Gasteiger charge is 2.22. The number of carbonyl (C=O) groups excluding carboxylic acids is 3. The maximum Gasteiger partial charge on any atom is 0.326 e. The topological polar surface area (TPSA) is 127 Å². The summed E-state index contributed by atoms with van der Waals surface area (Å²) in [6, 6.07) is 10.8. The van der Waals surface area contributed by atoms with E-state index in [1.165, 1.54) is 46.8 Å². The third-order valence-corrected chi connectivity index (χ3v) is 8.34. The molecule has 0 fully saturated rings. The quantitative estimate of drug-likeness (QED) is 0.422. The smallest absolute Gasteiger partial charge is 0.326 e. The molecule has 1 heterocycles. The summed E-state index contributed by atoms with van der Waals surface area (Å²) >= 11 is 1.18. The van der Waals surface area contributed by atoms with Crippen LogP contribution in [0, 0.1) is 0 Å². The average Bonchev–Trinajstić information content (AvgIpc) is 3.15. The Labute approximate surface area is 213 Å². The molecule has 1 aromatic heterocycles. The maximum atomic E-state index is 13.0. The number of fused-ring (bicyclic) bond motifs is 1. The molecule has 10 nitrogen and oxygen atoms in total. The van der Waals surface area contributed by atoms with Crippen molar-refractivity contribution in [2.24, 2.45) is 4.99 Å². The van der Waals surface area contributed by atoms with Gasteiger partial charge in [0.2, 0.25) is 15.9 Å². The van der Waals surface area contributed by atoms with E-state index in [0.717, 1.165) is 0 Å². The zero-order valence-electron chi connectivity index (χ0n) is 20.5. The lowest BCUT2D eigenvalue weighted by Gasteiger charge is -2.18. The lowest BCUT2D eigenvalue weighted by molar-refractivity contribution is -0.143. The number of hydrogen-bond donors (Lipinski definition) is 1. The summed E-state index contributed by atoms with van der Waals surface area (Å²) < 4.78 is 34.1. The summed E-state index contributed by atoms with van der Waals surface area (Å²) in [5.41, 5.74) is 1.42. The van der Waals surface area contributed by atoms with Crippen LogP contribution in [0.3, 0.4) is 0 Å². The highest BCUT2D eigenvalue weighted by Crippen LogP contribution is 2.23. The Hall–Kier alpha value is -3.35. The van der Waals surface area contributed by atoms with Crippen LogP contribution in [-0.2, 0) is 30.9 Å². The molecule has 0 bridgehead atoms. The number of esters is 1. The van der Waals surface area contributed by atoms with Crippen molar-refractivity contribution in [2.45, 2.75) is 39.1 Å². The van der Waals surface area contributed by atoms with Crippen LogP contribution in [0.25, 0.3) is 10.2 Å². The summed E-state index contributed by atoms with van der Waals surface area (Å²) in [7, 11) is -3.65. The largest absolute Gasteiger partial charge is 0.465 e. The van der Waals surface area contributed by atoms with Crippen molar-refractivity contribution in [3.63, 3.8) is 0 Å². The van der Waals surface area contributed by atoms with Gasteiger partial charge in [0.05, 0.1) is 21.7 Å². The number of carbonyl (C=O) groups is 3. The van der Waals surface area contributed by atoms with Gasteiger partial charge in [-0.15, -0.1) is 0 Å². The van der Waals surface area contributed by atoms with E-state index in [9.17, 15) is 22.8 Å². The molecule has 192 valence electrons. The molecular formula is C24H28N4O6S2. The number of nitrogens with one attached hydrogen (secondary N) is 1. The molecule has 12 heteroatoms. The normalized spacial score (nSPS) is 12.2. The zero-order chi connectivity index (χ0) is 26.5. The second kappa shape index (κ2) is 11.6. The van der Waals surface area contributed by atoms with Crippen molar-refractivity contribution in [2.75, 3.05) is 25.0 Å². The van der Waals surface area contributed by atoms with Gasteiger partial charge in [-0.05, 0) is 49.4 Å². The molecule has 36 heavy (non-hydrogen) atoms. The lowest BCUT2D eigenvalue weighted by atomic mass is 10.2. The molecule has 2 aromatic carbocycles. The van der Waals surface area contributed by atoms with Crippen LogP contribution < -0.4 is 10.1 Å². The molecule has 0 aliphatic rings. The Bertz CT molecular complexity index is 1450. The van der Waals surface area contributed by atoms with Crippen molar-refractivity contribution >= 4 is 55.0 Å². The number of sulfonamides is 1. The van der Waals surface area contributed by atoms with Gasteiger partial charge in [0, 0.05) is 31.3 Å². The van der Waals surface area contributed by atoms with Crippen molar-refractivity contribution in [3.8, 4) is 0 Å². The van der Waals surface area contributed by atoms with Crippen LogP contribution in [0.1, 0.15) is 38.1 Å². The summed E-state index contributed by atoms with van der Waals surface area (Å²) in [4.78, 5) is 41.2. The van der Waals surface area contributed by atoms with Crippen LogP contribution in [0.5, 0.6) is 0 Å². The number of amides is 2. The summed E-state index contributed by atoms with van der Waals surface area (Å²) in [6.45, 7) is 7.35. The zero-order valence-corrected chi connectivity index (χ0v) is 22.1. The van der Waals surface area contributed by atoms with Gasteiger partial charge in [0.25, 0.3) is 5.91 Å². The molecule has 0 saturated carbocycles. The maximum absolute atomic E-state index is 13.0. The first kappa shape index (κ1) is 27.2. The second-order valence-electron chi connectivity index (χ2n) is 7.67. The predicted molar refractivity (Wildman–Crippen MR) is 137 cm³/mol. The van der Waals surface area contributed by atoms with E-state index in [0.29, 0.717) is 29.0 Å². The average molecular weight is 533 g/mol. The fourth-order valence-corrected chi connectivity index (χ4v) is 6.09. The molecule has 0 aliphatic heterocycles. The van der Waals surface area contributed by atoms with Crippen LogP contribution in [-0.4, -0.2) is 54.8 Å². The highest BCUT2D eigenvalue weighted by molar-refractivity contribution is 7.89. The van der Waals surface area contributed by atoms with Gasteiger partial charge in [-0.25, -0.2) is 8.42 Å². The van der Waals surface area contributed by atoms with E-state index in [4.69, 9.17) is 4.74 Å². The van der Waals surface area contributed by atoms with Crippen molar-refractivity contribution in [3.05, 3.63) is 52.8 Å². The number of thiazole rings is 1. The van der Waals surface area contributed by atoms with Gasteiger partial charge in [0.15, 0.2) is 4.80 Å².